The van der Waals surface area contributed by atoms with Crippen LogP contribution in [-0.4, -0.2) is 10.5 Å². The summed E-state index contributed by atoms with van der Waals surface area (Å²) in [6.07, 6.45) is 4.33. The van der Waals surface area contributed by atoms with E-state index in [0.29, 0.717) is 0 Å². The zero-order chi connectivity index (χ0) is 12.3. The Balaban J connectivity index is 2.16. The molecular weight excluding hydrogens is 208 g/mol. The fourth-order valence-electron chi connectivity index (χ4n) is 2.11. The van der Waals surface area contributed by atoms with Crippen LogP contribution in [0.2, 0.25) is 0 Å². The highest BCUT2D eigenvalue weighted by Crippen LogP contribution is 2.19. The van der Waals surface area contributed by atoms with Gasteiger partial charge in [0.2, 0.25) is 0 Å². The van der Waals surface area contributed by atoms with E-state index in [4.69, 9.17) is 0 Å². The SMILES string of the molecule is CCC(C)(CC)NCc1cccc2[nH]ccc12. The lowest BCUT2D eigenvalue weighted by Gasteiger charge is -2.28. The van der Waals surface area contributed by atoms with Gasteiger partial charge < -0.3 is 10.3 Å². The van der Waals surface area contributed by atoms with Crippen molar-refractivity contribution in [2.24, 2.45) is 0 Å². The van der Waals surface area contributed by atoms with Crippen molar-refractivity contribution in [3.05, 3.63) is 36.0 Å². The second kappa shape index (κ2) is 4.92. The highest BCUT2D eigenvalue weighted by molar-refractivity contribution is 5.82. The van der Waals surface area contributed by atoms with Crippen molar-refractivity contribution in [3.8, 4) is 0 Å². The molecule has 0 fully saturated rings. The summed E-state index contributed by atoms with van der Waals surface area (Å²) in [6, 6.07) is 8.60. The number of benzene rings is 1. The average Bonchev–Trinajstić information content (AvgIpc) is 2.84. The standard InChI is InChI=1S/C15H22N2/c1-4-15(3,5-2)17-11-12-7-6-8-14-13(12)9-10-16-14/h6-10,16-17H,4-5,11H2,1-3H3. The van der Waals surface area contributed by atoms with Gasteiger partial charge in [0.25, 0.3) is 0 Å². The molecule has 0 aliphatic heterocycles. The number of hydrogen-bond donors (Lipinski definition) is 2. The fraction of sp³-hybridized carbons (Fsp3) is 0.467. The van der Waals surface area contributed by atoms with Gasteiger partial charge in [-0.05, 0) is 37.5 Å². The molecule has 0 amide bonds. The van der Waals surface area contributed by atoms with Crippen LogP contribution in [-0.2, 0) is 6.54 Å². The van der Waals surface area contributed by atoms with Crippen molar-refractivity contribution in [2.45, 2.75) is 45.7 Å². The first-order valence-electron chi connectivity index (χ1n) is 6.48. The average molecular weight is 230 g/mol. The van der Waals surface area contributed by atoms with Gasteiger partial charge in [-0.3, -0.25) is 0 Å². The highest BCUT2D eigenvalue weighted by atomic mass is 15.0. The zero-order valence-corrected chi connectivity index (χ0v) is 11.0. The largest absolute Gasteiger partial charge is 0.361 e. The quantitative estimate of drug-likeness (QED) is 0.802. The Morgan fingerprint density at radius 2 is 1.94 bits per heavy atom. The van der Waals surface area contributed by atoms with Crippen LogP contribution in [0, 0.1) is 0 Å². The van der Waals surface area contributed by atoms with Gasteiger partial charge in [0.1, 0.15) is 0 Å². The van der Waals surface area contributed by atoms with Crippen LogP contribution < -0.4 is 5.32 Å². The van der Waals surface area contributed by atoms with Crippen LogP contribution in [0.25, 0.3) is 10.9 Å². The Labute approximate surface area is 103 Å². The molecule has 2 rings (SSSR count). The lowest BCUT2D eigenvalue weighted by atomic mass is 9.95. The Kier molecular flexibility index (Phi) is 3.53. The third kappa shape index (κ3) is 2.52. The molecule has 2 nitrogen and oxygen atoms in total. The molecule has 2 heteroatoms. The van der Waals surface area contributed by atoms with Crippen LogP contribution in [0.5, 0.6) is 0 Å². The summed E-state index contributed by atoms with van der Waals surface area (Å²) in [5.74, 6) is 0. The molecule has 0 unspecified atom stereocenters. The smallest absolute Gasteiger partial charge is 0.0457 e. The molecule has 0 bridgehead atoms. The number of nitrogens with one attached hydrogen (secondary N) is 2. The summed E-state index contributed by atoms with van der Waals surface area (Å²) in [5, 5.41) is 5.01. The van der Waals surface area contributed by atoms with Crippen molar-refractivity contribution >= 4 is 10.9 Å². The lowest BCUT2D eigenvalue weighted by molar-refractivity contribution is 0.330. The second-order valence-electron chi connectivity index (χ2n) is 4.98. The number of aromatic amines is 1. The minimum atomic E-state index is 0.248. The zero-order valence-electron chi connectivity index (χ0n) is 11.0. The fourth-order valence-corrected chi connectivity index (χ4v) is 2.11. The minimum Gasteiger partial charge on any atom is -0.361 e. The molecule has 0 saturated carbocycles. The maximum Gasteiger partial charge on any atom is 0.0457 e. The molecule has 0 saturated heterocycles. The number of aromatic nitrogens is 1. The van der Waals surface area contributed by atoms with E-state index < -0.39 is 0 Å². The van der Waals surface area contributed by atoms with Gasteiger partial charge in [-0.25, -0.2) is 0 Å². The van der Waals surface area contributed by atoms with E-state index in [-0.39, 0.29) is 5.54 Å². The van der Waals surface area contributed by atoms with Gasteiger partial charge in [0, 0.05) is 29.2 Å². The Hall–Kier alpha value is -1.28. The van der Waals surface area contributed by atoms with Gasteiger partial charge in [0.05, 0.1) is 0 Å². The predicted octanol–water partition coefficient (Wildman–Crippen LogP) is 3.84. The molecule has 2 N–H and O–H groups in total. The lowest BCUT2D eigenvalue weighted by Crippen LogP contribution is -2.40. The van der Waals surface area contributed by atoms with Crippen LogP contribution in [0.15, 0.2) is 30.5 Å². The number of H-pyrrole nitrogens is 1. The second-order valence-corrected chi connectivity index (χ2v) is 4.98. The highest BCUT2D eigenvalue weighted by Gasteiger charge is 2.18. The summed E-state index contributed by atoms with van der Waals surface area (Å²) in [6.45, 7) is 7.72. The normalized spacial score (nSPS) is 12.2. The van der Waals surface area contributed by atoms with Crippen LogP contribution >= 0.6 is 0 Å². The molecule has 17 heavy (non-hydrogen) atoms. The Morgan fingerprint density at radius 1 is 1.18 bits per heavy atom. The first-order valence-corrected chi connectivity index (χ1v) is 6.48. The predicted molar refractivity (Wildman–Crippen MR) is 74.1 cm³/mol. The molecular formula is C15H22N2. The number of fused-ring (bicyclic) bond motifs is 1. The van der Waals surface area contributed by atoms with Gasteiger partial charge in [-0.2, -0.15) is 0 Å². The van der Waals surface area contributed by atoms with Gasteiger partial charge in [0.15, 0.2) is 0 Å². The van der Waals surface area contributed by atoms with Crippen LogP contribution in [0.4, 0.5) is 0 Å². The summed E-state index contributed by atoms with van der Waals surface area (Å²) in [5.41, 5.74) is 2.84. The third-order valence-electron chi connectivity index (χ3n) is 3.95. The van der Waals surface area contributed by atoms with E-state index in [0.717, 1.165) is 19.4 Å². The van der Waals surface area contributed by atoms with E-state index in [2.05, 4.69) is 55.3 Å². The van der Waals surface area contributed by atoms with Crippen molar-refractivity contribution in [2.75, 3.05) is 0 Å². The molecule has 1 heterocycles. The molecule has 0 radical (unpaired) electrons. The molecule has 1 aromatic heterocycles. The summed E-state index contributed by atoms with van der Waals surface area (Å²) >= 11 is 0. The first-order chi connectivity index (χ1) is 8.18. The third-order valence-corrected chi connectivity index (χ3v) is 3.95. The monoisotopic (exact) mass is 230 g/mol. The Bertz CT molecular complexity index is 480. The molecule has 0 spiro atoms. The summed E-state index contributed by atoms with van der Waals surface area (Å²) in [4.78, 5) is 3.26. The minimum absolute atomic E-state index is 0.248. The topological polar surface area (TPSA) is 27.8 Å². The maximum absolute atomic E-state index is 3.68. The number of rotatable bonds is 5. The van der Waals surface area contributed by atoms with Crippen LogP contribution in [0.3, 0.4) is 0 Å². The van der Waals surface area contributed by atoms with Gasteiger partial charge in [-0.15, -0.1) is 0 Å². The molecule has 0 aliphatic carbocycles. The van der Waals surface area contributed by atoms with Crippen LogP contribution in [0.1, 0.15) is 39.2 Å². The van der Waals surface area contributed by atoms with E-state index in [1.54, 1.807) is 0 Å². The molecule has 1 aromatic carbocycles. The molecule has 0 aliphatic rings. The van der Waals surface area contributed by atoms with Crippen molar-refractivity contribution in [1.82, 2.24) is 10.3 Å². The molecule has 0 atom stereocenters. The summed E-state index contributed by atoms with van der Waals surface area (Å²) in [7, 11) is 0. The van der Waals surface area contributed by atoms with Crippen molar-refractivity contribution in [1.29, 1.82) is 0 Å². The van der Waals surface area contributed by atoms with Gasteiger partial charge >= 0.3 is 0 Å². The van der Waals surface area contributed by atoms with Crippen molar-refractivity contribution in [3.63, 3.8) is 0 Å². The van der Waals surface area contributed by atoms with E-state index in [1.807, 2.05) is 6.20 Å². The maximum atomic E-state index is 3.68. The summed E-state index contributed by atoms with van der Waals surface area (Å²) < 4.78 is 0. The molecule has 2 aromatic rings. The van der Waals surface area contributed by atoms with E-state index in [1.165, 1.54) is 16.5 Å². The number of hydrogen-bond acceptors (Lipinski definition) is 1. The molecule has 92 valence electrons. The van der Waals surface area contributed by atoms with Crippen molar-refractivity contribution < 1.29 is 0 Å². The van der Waals surface area contributed by atoms with Gasteiger partial charge in [-0.1, -0.05) is 26.0 Å². The van der Waals surface area contributed by atoms with E-state index in [9.17, 15) is 0 Å². The first kappa shape index (κ1) is 12.2. The Morgan fingerprint density at radius 3 is 2.65 bits per heavy atom. The van der Waals surface area contributed by atoms with E-state index >= 15 is 0 Å².